The molecule has 1 fully saturated rings. The van der Waals surface area contributed by atoms with Crippen molar-refractivity contribution in [1.82, 2.24) is 10.3 Å². The molecule has 0 saturated carbocycles. The minimum atomic E-state index is -0.782. The summed E-state index contributed by atoms with van der Waals surface area (Å²) in [6.45, 7) is 2.36. The summed E-state index contributed by atoms with van der Waals surface area (Å²) < 4.78 is 16.8. The highest BCUT2D eigenvalue weighted by molar-refractivity contribution is 6.00. The van der Waals surface area contributed by atoms with Gasteiger partial charge in [-0.05, 0) is 41.5 Å². The smallest absolute Gasteiger partial charge is 0.414 e. The van der Waals surface area contributed by atoms with E-state index in [0.717, 1.165) is 33.4 Å². The average molecular weight is 442 g/mol. The molecule has 33 heavy (non-hydrogen) atoms. The lowest BCUT2D eigenvalue weighted by Crippen LogP contribution is -2.25. The van der Waals surface area contributed by atoms with Crippen LogP contribution in [0.3, 0.4) is 0 Å². The number of carbonyl (C=O) groups excluding carboxylic acids is 2. The molecule has 0 radical (unpaired) electrons. The van der Waals surface area contributed by atoms with Crippen molar-refractivity contribution >= 4 is 22.8 Å². The predicted molar refractivity (Wildman–Crippen MR) is 122 cm³/mol. The molecule has 0 spiro atoms. The van der Waals surface area contributed by atoms with Crippen LogP contribution >= 0.6 is 0 Å². The van der Waals surface area contributed by atoms with Gasteiger partial charge in [-0.2, -0.15) is 0 Å². The van der Waals surface area contributed by atoms with E-state index in [1.54, 1.807) is 0 Å². The molecular weight excluding hydrogens is 420 g/mol. The molecule has 1 aliphatic heterocycles. The van der Waals surface area contributed by atoms with Crippen molar-refractivity contribution in [3.8, 4) is 17.2 Å². The molecule has 1 aromatic heterocycles. The summed E-state index contributed by atoms with van der Waals surface area (Å²) in [5.74, 6) is 1.69. The number of alkyl carbamates (subject to hydrolysis) is 1. The van der Waals surface area contributed by atoms with Gasteiger partial charge >= 0.3 is 6.09 Å². The molecule has 2 amide bonds. The van der Waals surface area contributed by atoms with E-state index in [4.69, 9.17) is 18.9 Å². The Labute approximate surface area is 190 Å². The number of hydrogen-bond acceptors (Lipinski definition) is 6. The maximum absolute atomic E-state index is 11.6. The molecule has 0 aliphatic carbocycles. The molecule has 1 atom stereocenters. The fraction of sp³-hybridized carbons (Fsp3) is 0.192. The van der Waals surface area contributed by atoms with Crippen LogP contribution in [-0.4, -0.2) is 29.7 Å². The monoisotopic (exact) mass is 442 g/mol. The number of aromatic nitrogens is 1. The van der Waals surface area contributed by atoms with Crippen LogP contribution in [0.1, 0.15) is 17.0 Å². The maximum Gasteiger partial charge on any atom is 0.414 e. The first-order valence-electron chi connectivity index (χ1n) is 10.7. The van der Waals surface area contributed by atoms with Gasteiger partial charge in [-0.3, -0.25) is 10.1 Å². The van der Waals surface area contributed by atoms with Gasteiger partial charge in [-0.1, -0.05) is 48.5 Å². The number of hydrogen-bond donors (Lipinski definition) is 1. The first-order valence-corrected chi connectivity index (χ1v) is 10.7. The topological polar surface area (TPSA) is 90.7 Å². The van der Waals surface area contributed by atoms with E-state index in [1.165, 1.54) is 0 Å². The van der Waals surface area contributed by atoms with Crippen molar-refractivity contribution in [2.45, 2.75) is 25.9 Å². The molecule has 1 aliphatic rings. The third-order valence-corrected chi connectivity index (χ3v) is 5.63. The lowest BCUT2D eigenvalue weighted by Gasteiger charge is -2.08. The predicted octanol–water partition coefficient (Wildman–Crippen LogP) is 4.60. The number of ether oxygens (including phenoxy) is 2. The van der Waals surface area contributed by atoms with E-state index < -0.39 is 18.1 Å². The summed E-state index contributed by atoms with van der Waals surface area (Å²) in [4.78, 5) is 27.5. The minimum Gasteiger partial charge on any atom is -0.493 e. The van der Waals surface area contributed by atoms with Gasteiger partial charge in [0.15, 0.2) is 6.10 Å². The number of imide groups is 1. The normalized spacial score (nSPS) is 15.5. The molecule has 3 aromatic carbocycles. The fourth-order valence-corrected chi connectivity index (χ4v) is 3.92. The van der Waals surface area contributed by atoms with Crippen LogP contribution in [-0.2, 0) is 22.4 Å². The summed E-state index contributed by atoms with van der Waals surface area (Å²) in [5, 5.41) is 4.38. The quantitative estimate of drug-likeness (QED) is 0.450. The molecule has 166 valence electrons. The van der Waals surface area contributed by atoms with Crippen molar-refractivity contribution in [3.63, 3.8) is 0 Å². The van der Waals surface area contributed by atoms with Crippen molar-refractivity contribution in [2.24, 2.45) is 0 Å². The molecule has 0 bridgehead atoms. The van der Waals surface area contributed by atoms with Crippen LogP contribution in [0.15, 0.2) is 71.1 Å². The second-order valence-electron chi connectivity index (χ2n) is 7.88. The van der Waals surface area contributed by atoms with Crippen molar-refractivity contribution < 1.29 is 23.5 Å². The molecule has 5 rings (SSSR count). The highest BCUT2D eigenvalue weighted by Gasteiger charge is 2.32. The molecule has 4 aromatic rings. The van der Waals surface area contributed by atoms with E-state index >= 15 is 0 Å². The largest absolute Gasteiger partial charge is 0.493 e. The zero-order valence-corrected chi connectivity index (χ0v) is 18.0. The number of carbonyl (C=O) groups is 2. The van der Waals surface area contributed by atoms with Crippen LogP contribution in [0.2, 0.25) is 0 Å². The first kappa shape index (κ1) is 20.8. The third-order valence-electron chi connectivity index (χ3n) is 5.63. The van der Waals surface area contributed by atoms with Gasteiger partial charge in [0.05, 0.1) is 12.3 Å². The Kier molecular flexibility index (Phi) is 5.52. The van der Waals surface area contributed by atoms with Crippen molar-refractivity contribution in [1.29, 1.82) is 0 Å². The number of amides is 2. The number of cyclic esters (lactones) is 1. The van der Waals surface area contributed by atoms with Crippen LogP contribution < -0.4 is 10.1 Å². The number of nitrogens with zero attached hydrogens (tertiary/aromatic N) is 1. The molecule has 7 heteroatoms. The number of rotatable bonds is 7. The van der Waals surface area contributed by atoms with Crippen molar-refractivity contribution in [2.75, 3.05) is 6.61 Å². The molecule has 1 saturated heterocycles. The molecular formula is C26H22N2O5. The van der Waals surface area contributed by atoms with Crippen LogP contribution in [0.25, 0.3) is 22.2 Å². The minimum absolute atomic E-state index is 0.326. The second kappa shape index (κ2) is 8.78. The Balaban J connectivity index is 1.21. The van der Waals surface area contributed by atoms with E-state index in [0.29, 0.717) is 31.1 Å². The summed E-state index contributed by atoms with van der Waals surface area (Å²) in [6, 6.07) is 21.6. The summed E-state index contributed by atoms with van der Waals surface area (Å²) in [6.07, 6.45) is -0.542. The summed E-state index contributed by atoms with van der Waals surface area (Å²) >= 11 is 0. The van der Waals surface area contributed by atoms with E-state index in [1.807, 2.05) is 55.5 Å². The maximum atomic E-state index is 11.6. The van der Waals surface area contributed by atoms with Gasteiger partial charge in [0.1, 0.15) is 11.5 Å². The van der Waals surface area contributed by atoms with Gasteiger partial charge in [-0.15, -0.1) is 0 Å². The SMILES string of the molecule is Cc1oc(-c2cccc3ccccc23)nc1CCOc1ccc(CC2OC(=O)NC2=O)cc1. The highest BCUT2D eigenvalue weighted by atomic mass is 16.6. The van der Waals surface area contributed by atoms with Gasteiger partial charge in [0.25, 0.3) is 5.91 Å². The van der Waals surface area contributed by atoms with Gasteiger partial charge in [0.2, 0.25) is 5.89 Å². The Bertz CT molecular complexity index is 1320. The zero-order valence-electron chi connectivity index (χ0n) is 18.0. The first-order chi connectivity index (χ1) is 16.1. The van der Waals surface area contributed by atoms with Gasteiger partial charge in [-0.25, -0.2) is 9.78 Å². The van der Waals surface area contributed by atoms with Gasteiger partial charge in [0, 0.05) is 18.4 Å². The lowest BCUT2D eigenvalue weighted by atomic mass is 10.0. The number of nitrogens with one attached hydrogen (secondary N) is 1. The number of fused-ring (bicyclic) bond motifs is 1. The van der Waals surface area contributed by atoms with Crippen molar-refractivity contribution in [3.05, 3.63) is 83.7 Å². The Morgan fingerprint density at radius 2 is 1.79 bits per heavy atom. The molecule has 2 heterocycles. The Morgan fingerprint density at radius 1 is 1.00 bits per heavy atom. The second-order valence-corrected chi connectivity index (χ2v) is 7.88. The molecule has 7 nitrogen and oxygen atoms in total. The molecule has 1 unspecified atom stereocenters. The van der Waals surface area contributed by atoms with Gasteiger partial charge < -0.3 is 13.9 Å². The van der Waals surface area contributed by atoms with Crippen LogP contribution in [0.4, 0.5) is 4.79 Å². The van der Waals surface area contributed by atoms with E-state index in [9.17, 15) is 9.59 Å². The summed E-state index contributed by atoms with van der Waals surface area (Å²) in [5.41, 5.74) is 2.72. The van der Waals surface area contributed by atoms with Crippen LogP contribution in [0, 0.1) is 6.92 Å². The fourth-order valence-electron chi connectivity index (χ4n) is 3.92. The third kappa shape index (κ3) is 4.43. The number of benzene rings is 3. The Morgan fingerprint density at radius 3 is 2.58 bits per heavy atom. The van der Waals surface area contributed by atoms with E-state index in [2.05, 4.69) is 23.5 Å². The summed E-state index contributed by atoms with van der Waals surface area (Å²) in [7, 11) is 0. The van der Waals surface area contributed by atoms with E-state index in [-0.39, 0.29) is 0 Å². The van der Waals surface area contributed by atoms with Crippen LogP contribution in [0.5, 0.6) is 5.75 Å². The average Bonchev–Trinajstić information content (AvgIpc) is 3.35. The number of oxazole rings is 1. The Hall–Kier alpha value is -4.13. The lowest BCUT2D eigenvalue weighted by molar-refractivity contribution is -0.123. The number of aryl methyl sites for hydroxylation is 1. The zero-order chi connectivity index (χ0) is 22.8. The highest BCUT2D eigenvalue weighted by Crippen LogP contribution is 2.29. The molecule has 1 N–H and O–H groups in total. The standard InChI is InChI=1S/C26H22N2O5/c1-16-22(27-25(32-16)21-8-4-6-18-5-2-3-7-20(18)21)13-14-31-19-11-9-17(10-12-19)15-23-24(29)28-26(30)33-23/h2-12,23H,13-15H2,1H3,(H,28,29,30).